The Labute approximate surface area is 574 Å². The van der Waals surface area contributed by atoms with Crippen molar-refractivity contribution in [1.82, 2.24) is 5.32 Å². The first-order chi connectivity index (χ1) is 45.7. The molecule has 7 unspecified atom stereocenters. The molecule has 1 saturated heterocycles. The van der Waals surface area contributed by atoms with Gasteiger partial charge in [0.2, 0.25) is 5.91 Å². The van der Waals surface area contributed by atoms with Crippen LogP contribution in [0.4, 0.5) is 0 Å². The van der Waals surface area contributed by atoms with E-state index in [1.54, 1.807) is 6.08 Å². The van der Waals surface area contributed by atoms with Crippen LogP contribution in [0.1, 0.15) is 399 Å². The quantitative estimate of drug-likeness (QED) is 0.0195. The molecule has 546 valence electrons. The highest BCUT2D eigenvalue weighted by Crippen LogP contribution is 2.24. The monoisotopic (exact) mass is 1310 g/mol. The summed E-state index contributed by atoms with van der Waals surface area (Å²) in [6.07, 6.45) is 84.5. The molecule has 1 rings (SSSR count). The van der Waals surface area contributed by atoms with Crippen LogP contribution in [0.5, 0.6) is 0 Å². The molecule has 0 radical (unpaired) electrons. The Bertz CT molecular complexity index is 1690. The fourth-order valence-electron chi connectivity index (χ4n) is 12.8. The van der Waals surface area contributed by atoms with Crippen molar-refractivity contribution in [3.05, 3.63) is 48.6 Å². The second-order valence-corrected chi connectivity index (χ2v) is 28.1. The number of unbranched alkanes of at least 4 members (excludes halogenated alkanes) is 52. The zero-order valence-corrected chi connectivity index (χ0v) is 61.0. The zero-order chi connectivity index (χ0) is 67.2. The molecule has 0 aromatic carbocycles. The van der Waals surface area contributed by atoms with Crippen molar-refractivity contribution < 1.29 is 49.3 Å². The van der Waals surface area contributed by atoms with E-state index in [9.17, 15) is 35.1 Å². The van der Waals surface area contributed by atoms with E-state index in [1.807, 2.05) is 6.08 Å². The summed E-state index contributed by atoms with van der Waals surface area (Å²) in [6.45, 7) is 4.35. The summed E-state index contributed by atoms with van der Waals surface area (Å²) in [5.41, 5.74) is 0. The van der Waals surface area contributed by atoms with Crippen LogP contribution < -0.4 is 5.32 Å². The van der Waals surface area contributed by atoms with Gasteiger partial charge in [0.05, 0.1) is 32.0 Å². The SMILES string of the molecule is CCCCCCC/C=C/CC/C=C/C(O)C(COC1OC(CO)C(O)C(O)C1O)NC(=O)CCCCCCCCCCCCCCCCCCC/C=C\C/C=C\CCCCCCCCCCCCCCCCCOC(=O)CCCCCCCCCCCCCCCCC. The normalized spacial score (nSPS) is 17.7. The summed E-state index contributed by atoms with van der Waals surface area (Å²) in [4.78, 5) is 25.2. The number of hydrogen-bond acceptors (Lipinski definition) is 10. The van der Waals surface area contributed by atoms with Crippen molar-refractivity contribution in [2.75, 3.05) is 19.8 Å². The predicted molar refractivity (Wildman–Crippen MR) is 394 cm³/mol. The number of hydrogen-bond donors (Lipinski definition) is 6. The molecule has 11 heteroatoms. The Hall–Kier alpha value is -2.38. The van der Waals surface area contributed by atoms with Crippen molar-refractivity contribution in [3.8, 4) is 0 Å². The lowest BCUT2D eigenvalue weighted by atomic mass is 9.99. The van der Waals surface area contributed by atoms with Gasteiger partial charge in [-0.05, 0) is 77.0 Å². The highest BCUT2D eigenvalue weighted by molar-refractivity contribution is 5.76. The second-order valence-electron chi connectivity index (χ2n) is 28.1. The Morgan fingerprint density at radius 2 is 0.731 bits per heavy atom. The van der Waals surface area contributed by atoms with Crippen molar-refractivity contribution in [3.63, 3.8) is 0 Å². The second kappa shape index (κ2) is 70.9. The van der Waals surface area contributed by atoms with Gasteiger partial charge in [-0.15, -0.1) is 0 Å². The molecule has 1 fully saturated rings. The number of nitrogens with one attached hydrogen (secondary N) is 1. The van der Waals surface area contributed by atoms with E-state index in [0.717, 1.165) is 57.8 Å². The minimum atomic E-state index is -1.58. The molecular weight excluding hydrogens is 1160 g/mol. The Balaban J connectivity index is 1.88. The van der Waals surface area contributed by atoms with Crippen molar-refractivity contribution in [2.45, 2.75) is 442 Å². The van der Waals surface area contributed by atoms with Gasteiger partial charge in [-0.1, -0.05) is 358 Å². The van der Waals surface area contributed by atoms with Gasteiger partial charge >= 0.3 is 5.97 Å². The average molecular weight is 1310 g/mol. The number of carbonyl (C=O) groups excluding carboxylic acids is 2. The molecule has 0 saturated carbocycles. The summed E-state index contributed by atoms with van der Waals surface area (Å²) in [5.74, 6) is -0.171. The molecule has 1 amide bonds. The van der Waals surface area contributed by atoms with Crippen LogP contribution in [0.15, 0.2) is 48.6 Å². The minimum Gasteiger partial charge on any atom is -0.466 e. The first-order valence-electron chi connectivity index (χ1n) is 40.4. The summed E-state index contributed by atoms with van der Waals surface area (Å²) in [6, 6.07) is -0.825. The van der Waals surface area contributed by atoms with Crippen LogP contribution >= 0.6 is 0 Å². The van der Waals surface area contributed by atoms with Gasteiger partial charge < -0.3 is 45.1 Å². The van der Waals surface area contributed by atoms with Gasteiger partial charge in [-0.3, -0.25) is 9.59 Å². The Kier molecular flexibility index (Phi) is 67.6. The van der Waals surface area contributed by atoms with Gasteiger partial charge in [0.25, 0.3) is 0 Å². The predicted octanol–water partition coefficient (Wildman–Crippen LogP) is 21.9. The lowest BCUT2D eigenvalue weighted by Gasteiger charge is -2.40. The molecule has 0 aromatic heterocycles. The van der Waals surface area contributed by atoms with E-state index < -0.39 is 49.5 Å². The minimum absolute atomic E-state index is 0.0178. The van der Waals surface area contributed by atoms with Crippen LogP contribution in [-0.4, -0.2) is 100 Å². The standard InChI is InChI=1S/C82H153NO10/c1-3-5-7-9-11-13-15-16-42-46-50-54-58-62-66-70-78(87)91-71-67-63-59-55-51-47-44-41-39-37-35-33-31-29-27-25-23-21-19-17-18-20-22-24-26-28-30-32-34-36-38-40-43-45-49-53-57-61-65-69-77(86)83-74(73-92-82-81(90)80(89)79(88)76(72-84)93-82)75(85)68-64-60-56-52-48-14-12-10-8-6-4-2/h17-18,21,23,48,52,64,68,74-76,79-82,84-85,88-90H,3-16,19-20,22,24-47,49-51,53-63,65-67,69-73H2,1-2H3,(H,83,86)/b18-17-,23-21-,52-48+,68-64+. The molecule has 6 N–H and O–H groups in total. The average Bonchev–Trinajstić information content (AvgIpc) is 0.962. The van der Waals surface area contributed by atoms with E-state index >= 15 is 0 Å². The molecule has 0 aliphatic carbocycles. The van der Waals surface area contributed by atoms with Crippen molar-refractivity contribution in [1.29, 1.82) is 0 Å². The van der Waals surface area contributed by atoms with E-state index in [0.29, 0.717) is 19.4 Å². The van der Waals surface area contributed by atoms with Crippen molar-refractivity contribution in [2.24, 2.45) is 0 Å². The molecule has 1 aliphatic heterocycles. The van der Waals surface area contributed by atoms with Crippen LogP contribution in [0, 0.1) is 0 Å². The zero-order valence-electron chi connectivity index (χ0n) is 61.0. The fourth-order valence-corrected chi connectivity index (χ4v) is 12.8. The van der Waals surface area contributed by atoms with Crippen LogP contribution in [0.25, 0.3) is 0 Å². The summed E-state index contributed by atoms with van der Waals surface area (Å²) in [5, 5.41) is 54.4. The summed E-state index contributed by atoms with van der Waals surface area (Å²) in [7, 11) is 0. The number of allylic oxidation sites excluding steroid dienone is 7. The molecule has 1 aliphatic rings. The number of esters is 1. The molecular formula is C82H153NO10. The maximum Gasteiger partial charge on any atom is 0.305 e. The topological polar surface area (TPSA) is 175 Å². The number of aliphatic hydroxyl groups excluding tert-OH is 5. The summed E-state index contributed by atoms with van der Waals surface area (Å²) >= 11 is 0. The highest BCUT2D eigenvalue weighted by Gasteiger charge is 2.44. The third-order valence-electron chi connectivity index (χ3n) is 19.2. The number of ether oxygens (including phenoxy) is 3. The summed E-state index contributed by atoms with van der Waals surface area (Å²) < 4.78 is 16.7. The third kappa shape index (κ3) is 59.4. The smallest absolute Gasteiger partial charge is 0.305 e. The van der Waals surface area contributed by atoms with E-state index in [2.05, 4.69) is 55.6 Å². The molecule has 0 bridgehead atoms. The maximum atomic E-state index is 13.1. The van der Waals surface area contributed by atoms with Gasteiger partial charge in [0.15, 0.2) is 6.29 Å². The number of amides is 1. The molecule has 0 spiro atoms. The van der Waals surface area contributed by atoms with Crippen molar-refractivity contribution >= 4 is 11.9 Å². The van der Waals surface area contributed by atoms with Crippen LogP contribution in [0.3, 0.4) is 0 Å². The molecule has 1 heterocycles. The van der Waals surface area contributed by atoms with E-state index in [1.165, 1.54) is 315 Å². The lowest BCUT2D eigenvalue weighted by Crippen LogP contribution is -2.60. The molecule has 0 aromatic rings. The molecule has 7 atom stereocenters. The first-order valence-corrected chi connectivity index (χ1v) is 40.4. The highest BCUT2D eigenvalue weighted by atomic mass is 16.7. The number of carbonyl (C=O) groups is 2. The lowest BCUT2D eigenvalue weighted by molar-refractivity contribution is -0.302. The third-order valence-corrected chi connectivity index (χ3v) is 19.2. The molecule has 11 nitrogen and oxygen atoms in total. The van der Waals surface area contributed by atoms with Crippen LogP contribution in [-0.2, 0) is 23.8 Å². The van der Waals surface area contributed by atoms with Gasteiger partial charge in [-0.2, -0.15) is 0 Å². The van der Waals surface area contributed by atoms with Gasteiger partial charge in [0, 0.05) is 12.8 Å². The molecule has 93 heavy (non-hydrogen) atoms. The first kappa shape index (κ1) is 88.6. The van der Waals surface area contributed by atoms with Gasteiger partial charge in [0.1, 0.15) is 24.4 Å². The fraction of sp³-hybridized carbons (Fsp3) is 0.878. The van der Waals surface area contributed by atoms with E-state index in [4.69, 9.17) is 14.2 Å². The van der Waals surface area contributed by atoms with Gasteiger partial charge in [-0.25, -0.2) is 0 Å². The maximum absolute atomic E-state index is 13.1. The Morgan fingerprint density at radius 1 is 0.398 bits per heavy atom. The number of aliphatic hydroxyl groups is 5. The largest absolute Gasteiger partial charge is 0.466 e. The van der Waals surface area contributed by atoms with E-state index in [-0.39, 0.29) is 18.5 Å². The number of rotatable bonds is 72. The Morgan fingerprint density at radius 3 is 1.13 bits per heavy atom. The van der Waals surface area contributed by atoms with Crippen LogP contribution in [0.2, 0.25) is 0 Å².